The number of alkyl halides is 3. The monoisotopic (exact) mass is 488 g/mol. The number of carboxylic acids is 1. The van der Waals surface area contributed by atoms with Crippen molar-refractivity contribution in [2.75, 3.05) is 10.6 Å². The number of benzene rings is 3. The van der Waals surface area contributed by atoms with E-state index in [2.05, 4.69) is 10.6 Å². The third-order valence-corrected chi connectivity index (χ3v) is 5.77. The maximum absolute atomic E-state index is 12.8. The van der Waals surface area contributed by atoms with Gasteiger partial charge in [-0.25, -0.2) is 4.79 Å². The van der Waals surface area contributed by atoms with Gasteiger partial charge in [0.1, 0.15) is 0 Å². The molecule has 3 aromatic carbocycles. The second-order valence-corrected chi connectivity index (χ2v) is 8.57. The molecule has 3 aromatic rings. The van der Waals surface area contributed by atoms with E-state index >= 15 is 0 Å². The minimum Gasteiger partial charge on any atom is -0.478 e. The van der Waals surface area contributed by atoms with E-state index in [1.54, 1.807) is 37.3 Å². The maximum Gasteiger partial charge on any atom is 0.416 e. The number of halogens is 3. The van der Waals surface area contributed by atoms with Gasteiger partial charge in [-0.3, -0.25) is 9.59 Å². The van der Waals surface area contributed by atoms with Crippen LogP contribution in [0.5, 0.6) is 0 Å². The largest absolute Gasteiger partial charge is 0.478 e. The second-order valence-electron chi connectivity index (χ2n) is 7.16. The molecule has 2 amide bonds. The lowest BCUT2D eigenvalue weighted by Crippen LogP contribution is -2.22. The van der Waals surface area contributed by atoms with Crippen LogP contribution in [0.3, 0.4) is 0 Å². The van der Waals surface area contributed by atoms with Crippen molar-refractivity contribution in [2.45, 2.75) is 23.2 Å². The molecule has 0 aromatic heterocycles. The van der Waals surface area contributed by atoms with Crippen molar-refractivity contribution >= 4 is 40.9 Å². The molecular formula is C24H19F3N2O4S. The van der Waals surface area contributed by atoms with Crippen LogP contribution >= 0.6 is 11.8 Å². The highest BCUT2D eigenvalue weighted by molar-refractivity contribution is 8.00. The highest BCUT2D eigenvalue weighted by Crippen LogP contribution is 2.31. The summed E-state index contributed by atoms with van der Waals surface area (Å²) in [4.78, 5) is 36.8. The van der Waals surface area contributed by atoms with Crippen LogP contribution < -0.4 is 10.6 Å². The number of carbonyl (C=O) groups is 3. The van der Waals surface area contributed by atoms with Crippen LogP contribution in [0.1, 0.15) is 33.2 Å². The van der Waals surface area contributed by atoms with Gasteiger partial charge in [-0.15, -0.1) is 11.8 Å². The van der Waals surface area contributed by atoms with Crippen molar-refractivity contribution in [1.82, 2.24) is 0 Å². The number of anilines is 2. The van der Waals surface area contributed by atoms with Crippen LogP contribution in [-0.4, -0.2) is 28.1 Å². The van der Waals surface area contributed by atoms with Crippen LogP contribution in [0.25, 0.3) is 0 Å². The van der Waals surface area contributed by atoms with Gasteiger partial charge in [-0.2, -0.15) is 13.2 Å². The molecule has 0 fully saturated rings. The number of aromatic carboxylic acids is 1. The molecule has 1 unspecified atom stereocenters. The number of hydrogen-bond donors (Lipinski definition) is 3. The Balaban J connectivity index is 1.61. The van der Waals surface area contributed by atoms with E-state index in [4.69, 9.17) is 0 Å². The molecule has 176 valence electrons. The highest BCUT2D eigenvalue weighted by Gasteiger charge is 2.30. The minimum atomic E-state index is -4.51. The zero-order valence-electron chi connectivity index (χ0n) is 17.7. The average molecular weight is 488 g/mol. The predicted molar refractivity (Wildman–Crippen MR) is 123 cm³/mol. The summed E-state index contributed by atoms with van der Waals surface area (Å²) in [5.41, 5.74) is -0.474. The summed E-state index contributed by atoms with van der Waals surface area (Å²) in [7, 11) is 0. The minimum absolute atomic E-state index is 0.0216. The Hall–Kier alpha value is -3.79. The first-order valence-electron chi connectivity index (χ1n) is 9.93. The van der Waals surface area contributed by atoms with E-state index in [1.165, 1.54) is 42.1 Å². The zero-order chi connectivity index (χ0) is 24.9. The molecule has 6 nitrogen and oxygen atoms in total. The number of rotatable bonds is 7. The van der Waals surface area contributed by atoms with E-state index in [-0.39, 0.29) is 16.8 Å². The van der Waals surface area contributed by atoms with Crippen molar-refractivity contribution in [3.63, 3.8) is 0 Å². The number of carboxylic acid groups (broad SMARTS) is 1. The fourth-order valence-corrected chi connectivity index (χ4v) is 3.83. The van der Waals surface area contributed by atoms with Crippen molar-refractivity contribution < 1.29 is 32.7 Å². The topological polar surface area (TPSA) is 95.5 Å². The smallest absolute Gasteiger partial charge is 0.416 e. The highest BCUT2D eigenvalue weighted by atomic mass is 32.2. The quantitative estimate of drug-likeness (QED) is 0.367. The van der Waals surface area contributed by atoms with E-state index in [1.807, 2.05) is 0 Å². The number of thioether (sulfide) groups is 1. The Morgan fingerprint density at radius 3 is 2.12 bits per heavy atom. The van der Waals surface area contributed by atoms with Crippen LogP contribution in [0.15, 0.2) is 77.7 Å². The van der Waals surface area contributed by atoms with Gasteiger partial charge in [-0.05, 0) is 61.5 Å². The molecule has 34 heavy (non-hydrogen) atoms. The molecule has 0 saturated carbocycles. The van der Waals surface area contributed by atoms with Gasteiger partial charge >= 0.3 is 12.1 Å². The molecule has 3 rings (SSSR count). The third-order valence-electron chi connectivity index (χ3n) is 4.65. The summed E-state index contributed by atoms with van der Waals surface area (Å²) < 4.78 is 38.5. The molecule has 0 bridgehead atoms. The molecule has 0 aliphatic rings. The van der Waals surface area contributed by atoms with E-state index < -0.39 is 34.8 Å². The van der Waals surface area contributed by atoms with Crippen molar-refractivity contribution in [2.24, 2.45) is 0 Å². The molecule has 0 heterocycles. The molecule has 1 atom stereocenters. The van der Waals surface area contributed by atoms with Crippen LogP contribution in [0.4, 0.5) is 24.5 Å². The lowest BCUT2D eigenvalue weighted by Gasteiger charge is -2.14. The lowest BCUT2D eigenvalue weighted by molar-refractivity contribution is -0.137. The molecule has 0 radical (unpaired) electrons. The Bertz CT molecular complexity index is 1210. The fraction of sp³-hybridized carbons (Fsp3) is 0.125. The van der Waals surface area contributed by atoms with Crippen LogP contribution in [0, 0.1) is 0 Å². The van der Waals surface area contributed by atoms with E-state index in [0.717, 1.165) is 12.1 Å². The molecule has 0 spiro atoms. The Labute approximate surface area is 197 Å². The number of nitrogens with one attached hydrogen (secondary N) is 2. The molecule has 0 saturated heterocycles. The zero-order valence-corrected chi connectivity index (χ0v) is 18.5. The summed E-state index contributed by atoms with van der Waals surface area (Å²) in [5, 5.41) is 13.7. The molecule has 10 heteroatoms. The Morgan fingerprint density at radius 2 is 1.50 bits per heavy atom. The number of amides is 2. The Morgan fingerprint density at radius 1 is 0.853 bits per heavy atom. The lowest BCUT2D eigenvalue weighted by atomic mass is 10.1. The average Bonchev–Trinajstić information content (AvgIpc) is 2.79. The van der Waals surface area contributed by atoms with Crippen molar-refractivity contribution in [1.29, 1.82) is 0 Å². The fourth-order valence-electron chi connectivity index (χ4n) is 2.96. The first-order valence-corrected chi connectivity index (χ1v) is 10.8. The van der Waals surface area contributed by atoms with Crippen LogP contribution in [0.2, 0.25) is 0 Å². The Kier molecular flexibility index (Phi) is 7.62. The van der Waals surface area contributed by atoms with Gasteiger partial charge in [0.15, 0.2) is 0 Å². The summed E-state index contributed by atoms with van der Waals surface area (Å²) >= 11 is 1.19. The van der Waals surface area contributed by atoms with Gasteiger partial charge in [-0.1, -0.05) is 18.2 Å². The molecular weight excluding hydrogens is 469 g/mol. The molecule has 0 aliphatic heterocycles. The first-order chi connectivity index (χ1) is 16.0. The summed E-state index contributed by atoms with van der Waals surface area (Å²) in [6, 6.07) is 16.8. The molecule has 3 N–H and O–H groups in total. The molecule has 0 aliphatic carbocycles. The van der Waals surface area contributed by atoms with Gasteiger partial charge < -0.3 is 15.7 Å². The third kappa shape index (κ3) is 6.38. The van der Waals surface area contributed by atoms with Crippen molar-refractivity contribution in [3.8, 4) is 0 Å². The standard InChI is InChI=1S/C24H19F3N2O4S/c1-14(21(30)29-17-6-4-5-15(13-17)24(25,26)27)34-18-11-9-16(10-12-18)28-22(31)19-7-2-3-8-20(19)23(32)33/h2-14H,1H3,(H,28,31)(H,29,30)(H,32,33). The first kappa shape index (κ1) is 24.8. The van der Waals surface area contributed by atoms with E-state index in [9.17, 15) is 32.7 Å². The maximum atomic E-state index is 12.8. The number of carbonyl (C=O) groups excluding carboxylic acids is 2. The predicted octanol–water partition coefficient (Wildman–Crippen LogP) is 5.78. The van der Waals surface area contributed by atoms with Crippen LogP contribution in [-0.2, 0) is 11.0 Å². The van der Waals surface area contributed by atoms with Gasteiger partial charge in [0.25, 0.3) is 5.91 Å². The SMILES string of the molecule is CC(Sc1ccc(NC(=O)c2ccccc2C(=O)O)cc1)C(=O)Nc1cccc(C(F)(F)F)c1. The van der Waals surface area contributed by atoms with Gasteiger partial charge in [0, 0.05) is 16.3 Å². The van der Waals surface area contributed by atoms with Gasteiger partial charge in [0.2, 0.25) is 5.91 Å². The summed E-state index contributed by atoms with van der Waals surface area (Å²) in [6.45, 7) is 1.62. The van der Waals surface area contributed by atoms with E-state index in [0.29, 0.717) is 10.6 Å². The van der Waals surface area contributed by atoms with Crippen molar-refractivity contribution in [3.05, 3.63) is 89.5 Å². The number of hydrogen-bond acceptors (Lipinski definition) is 4. The summed E-state index contributed by atoms with van der Waals surface area (Å²) in [6.07, 6.45) is -4.51. The normalized spacial score (nSPS) is 12.0. The van der Waals surface area contributed by atoms with Gasteiger partial charge in [0.05, 0.1) is 21.9 Å². The summed E-state index contributed by atoms with van der Waals surface area (Å²) in [5.74, 6) is -2.26. The second kappa shape index (κ2) is 10.4.